The van der Waals surface area contributed by atoms with Crippen molar-refractivity contribution < 1.29 is 9.53 Å². The number of fused-ring (bicyclic) bond motifs is 1. The number of hydrogen-bond donors (Lipinski definition) is 2. The van der Waals surface area contributed by atoms with Gasteiger partial charge in [-0.05, 0) is 30.5 Å². The van der Waals surface area contributed by atoms with Crippen LogP contribution in [-0.2, 0) is 4.79 Å². The number of methoxy groups -OCH3 is 1. The fourth-order valence-corrected chi connectivity index (χ4v) is 3.72. The number of carbonyl (C=O) groups excluding carboxylic acids is 1. The van der Waals surface area contributed by atoms with Gasteiger partial charge in [-0.2, -0.15) is 0 Å². The maximum absolute atomic E-state index is 12.4. The third-order valence-corrected chi connectivity index (χ3v) is 5.13. The van der Waals surface area contributed by atoms with Gasteiger partial charge in [0.05, 0.1) is 23.4 Å². The zero-order chi connectivity index (χ0) is 17.1. The van der Waals surface area contributed by atoms with E-state index < -0.39 is 5.25 Å². The summed E-state index contributed by atoms with van der Waals surface area (Å²) in [5.74, 6) is 0.396. The lowest BCUT2D eigenvalue weighted by atomic mass is 10.3. The molecule has 0 fully saturated rings. The number of aromatic amines is 1. The Hall–Kier alpha value is -2.32. The minimum atomic E-state index is -0.435. The van der Waals surface area contributed by atoms with Crippen LogP contribution in [0.5, 0.6) is 5.75 Å². The van der Waals surface area contributed by atoms with E-state index in [9.17, 15) is 9.59 Å². The summed E-state index contributed by atoms with van der Waals surface area (Å²) in [6.45, 7) is 1.76. The monoisotopic (exact) mass is 361 g/mol. The maximum Gasteiger partial charge on any atom is 0.260 e. The molecular formula is C16H15N3O3S2. The summed E-state index contributed by atoms with van der Waals surface area (Å²) >= 11 is 2.60. The molecule has 2 aromatic heterocycles. The van der Waals surface area contributed by atoms with E-state index in [4.69, 9.17) is 4.74 Å². The zero-order valence-electron chi connectivity index (χ0n) is 13.0. The summed E-state index contributed by atoms with van der Waals surface area (Å²) in [6, 6.07) is 8.93. The van der Waals surface area contributed by atoms with Crippen molar-refractivity contribution in [2.75, 3.05) is 12.4 Å². The van der Waals surface area contributed by atoms with Crippen LogP contribution in [-0.4, -0.2) is 28.2 Å². The molecule has 0 aliphatic rings. The van der Waals surface area contributed by atoms with Crippen molar-refractivity contribution in [3.63, 3.8) is 0 Å². The number of anilines is 1. The first kappa shape index (κ1) is 16.5. The largest absolute Gasteiger partial charge is 0.495 e. The Bertz CT molecular complexity index is 935. The number of H-pyrrole nitrogens is 1. The summed E-state index contributed by atoms with van der Waals surface area (Å²) in [5, 5.41) is 5.20. The number of nitrogens with one attached hydrogen (secondary N) is 2. The Morgan fingerprint density at radius 3 is 2.96 bits per heavy atom. The second kappa shape index (κ2) is 7.06. The summed E-state index contributed by atoms with van der Waals surface area (Å²) < 4.78 is 5.22. The summed E-state index contributed by atoms with van der Waals surface area (Å²) in [5.41, 5.74) is 0.411. The second-order valence-corrected chi connectivity index (χ2v) is 7.18. The van der Waals surface area contributed by atoms with Crippen LogP contribution in [0.2, 0.25) is 0 Å². The third-order valence-electron chi connectivity index (χ3n) is 3.34. The van der Waals surface area contributed by atoms with E-state index in [1.807, 2.05) is 17.5 Å². The van der Waals surface area contributed by atoms with Gasteiger partial charge in [0.25, 0.3) is 5.56 Å². The number of rotatable bonds is 5. The first-order valence-corrected chi connectivity index (χ1v) is 8.92. The molecule has 3 rings (SSSR count). The second-order valence-electron chi connectivity index (χ2n) is 4.96. The third kappa shape index (κ3) is 3.44. The number of thioether (sulfide) groups is 1. The highest BCUT2D eigenvalue weighted by Gasteiger charge is 2.18. The predicted molar refractivity (Wildman–Crippen MR) is 97.2 cm³/mol. The summed E-state index contributed by atoms with van der Waals surface area (Å²) in [6.07, 6.45) is 0. The smallest absolute Gasteiger partial charge is 0.260 e. The minimum absolute atomic E-state index is 0.193. The molecule has 1 aromatic carbocycles. The Labute approximate surface area is 146 Å². The molecule has 6 nitrogen and oxygen atoms in total. The van der Waals surface area contributed by atoms with Crippen LogP contribution in [0.4, 0.5) is 5.69 Å². The number of ether oxygens (including phenoxy) is 1. The minimum Gasteiger partial charge on any atom is -0.495 e. The van der Waals surface area contributed by atoms with Crippen LogP contribution < -0.4 is 15.6 Å². The van der Waals surface area contributed by atoms with Gasteiger partial charge in [0.1, 0.15) is 10.6 Å². The van der Waals surface area contributed by atoms with Gasteiger partial charge in [-0.1, -0.05) is 23.9 Å². The fraction of sp³-hybridized carbons (Fsp3) is 0.188. The lowest BCUT2D eigenvalue weighted by Gasteiger charge is -2.13. The summed E-state index contributed by atoms with van der Waals surface area (Å²) in [7, 11) is 1.55. The molecule has 0 aliphatic heterocycles. The zero-order valence-corrected chi connectivity index (χ0v) is 14.7. The first-order valence-electron chi connectivity index (χ1n) is 7.16. The molecular weight excluding hydrogens is 346 g/mol. The van der Waals surface area contributed by atoms with E-state index in [-0.39, 0.29) is 11.5 Å². The van der Waals surface area contributed by atoms with E-state index in [1.54, 1.807) is 32.2 Å². The number of hydrogen-bond acceptors (Lipinski definition) is 6. The fourth-order valence-electron chi connectivity index (χ4n) is 2.10. The van der Waals surface area contributed by atoms with Crippen molar-refractivity contribution in [3.05, 3.63) is 46.1 Å². The van der Waals surface area contributed by atoms with Crippen molar-refractivity contribution in [1.82, 2.24) is 9.97 Å². The van der Waals surface area contributed by atoms with E-state index in [0.717, 1.165) is 0 Å². The number of nitrogens with zero attached hydrogens (tertiary/aromatic N) is 1. The molecule has 1 unspecified atom stereocenters. The highest BCUT2D eigenvalue weighted by atomic mass is 32.2. The molecule has 0 aliphatic carbocycles. The molecule has 3 aromatic rings. The van der Waals surface area contributed by atoms with Crippen LogP contribution in [0.15, 0.2) is 45.7 Å². The molecule has 0 saturated heterocycles. The quantitative estimate of drug-likeness (QED) is 0.539. The predicted octanol–water partition coefficient (Wildman–Crippen LogP) is 3.11. The number of amides is 1. The number of benzene rings is 1. The van der Waals surface area contributed by atoms with Crippen molar-refractivity contribution in [3.8, 4) is 5.75 Å². The molecule has 2 N–H and O–H groups in total. The van der Waals surface area contributed by atoms with Crippen LogP contribution in [0.3, 0.4) is 0 Å². The van der Waals surface area contributed by atoms with Crippen LogP contribution in [0.25, 0.3) is 10.2 Å². The van der Waals surface area contributed by atoms with E-state index >= 15 is 0 Å². The SMILES string of the molecule is COc1ccccc1NC(=O)C(C)Sc1nc2sccc2c(=O)[nH]1. The van der Waals surface area contributed by atoms with Gasteiger partial charge < -0.3 is 15.0 Å². The van der Waals surface area contributed by atoms with Crippen molar-refractivity contribution >= 4 is 44.9 Å². The van der Waals surface area contributed by atoms with Gasteiger partial charge in [0.15, 0.2) is 5.16 Å². The average Bonchev–Trinajstić information content (AvgIpc) is 3.04. The lowest BCUT2D eigenvalue weighted by molar-refractivity contribution is -0.115. The molecule has 2 heterocycles. The van der Waals surface area contributed by atoms with Gasteiger partial charge >= 0.3 is 0 Å². The molecule has 0 saturated carbocycles. The van der Waals surface area contributed by atoms with Crippen molar-refractivity contribution in [2.24, 2.45) is 0 Å². The molecule has 24 heavy (non-hydrogen) atoms. The molecule has 0 radical (unpaired) electrons. The molecule has 124 valence electrons. The number of aromatic nitrogens is 2. The van der Waals surface area contributed by atoms with Gasteiger partial charge in [-0.25, -0.2) is 4.98 Å². The van der Waals surface area contributed by atoms with Crippen LogP contribution in [0, 0.1) is 0 Å². The van der Waals surface area contributed by atoms with Gasteiger partial charge in [-0.15, -0.1) is 11.3 Å². The number of para-hydroxylation sites is 2. The standard InChI is InChI=1S/C16H15N3O3S2/c1-9(13(20)17-11-5-3-4-6-12(11)22-2)24-16-18-14(21)10-7-8-23-15(10)19-16/h3-9H,1-2H3,(H,17,20)(H,18,19,21). The molecule has 1 atom stereocenters. The maximum atomic E-state index is 12.4. The molecule has 1 amide bonds. The van der Waals surface area contributed by atoms with Crippen LogP contribution >= 0.6 is 23.1 Å². The van der Waals surface area contributed by atoms with E-state index in [1.165, 1.54) is 23.1 Å². The Balaban J connectivity index is 1.74. The van der Waals surface area contributed by atoms with E-state index in [0.29, 0.717) is 26.8 Å². The molecule has 0 bridgehead atoms. The van der Waals surface area contributed by atoms with Gasteiger partial charge in [0.2, 0.25) is 5.91 Å². The van der Waals surface area contributed by atoms with Crippen LogP contribution in [0.1, 0.15) is 6.92 Å². The van der Waals surface area contributed by atoms with Crippen molar-refractivity contribution in [2.45, 2.75) is 17.3 Å². The highest BCUT2D eigenvalue weighted by molar-refractivity contribution is 8.00. The first-order chi connectivity index (χ1) is 11.6. The molecule has 0 spiro atoms. The number of thiophene rings is 1. The topological polar surface area (TPSA) is 84.1 Å². The van der Waals surface area contributed by atoms with Crippen molar-refractivity contribution in [1.29, 1.82) is 0 Å². The summed E-state index contributed by atoms with van der Waals surface area (Å²) in [4.78, 5) is 32.1. The Morgan fingerprint density at radius 2 is 2.17 bits per heavy atom. The van der Waals surface area contributed by atoms with E-state index in [2.05, 4.69) is 15.3 Å². The lowest BCUT2D eigenvalue weighted by Crippen LogP contribution is -2.23. The van der Waals surface area contributed by atoms with Gasteiger partial charge in [-0.3, -0.25) is 9.59 Å². The number of carbonyl (C=O) groups is 1. The average molecular weight is 361 g/mol. The van der Waals surface area contributed by atoms with Gasteiger partial charge in [0, 0.05) is 0 Å². The Morgan fingerprint density at radius 1 is 1.38 bits per heavy atom. The molecule has 8 heteroatoms. The normalized spacial score (nSPS) is 12.1. The Kier molecular flexibility index (Phi) is 4.86. The highest BCUT2D eigenvalue weighted by Crippen LogP contribution is 2.26.